The number of nitrogens with zero attached hydrogens (tertiary/aromatic N) is 6. The highest BCUT2D eigenvalue weighted by molar-refractivity contribution is 5.95. The molecule has 0 saturated carbocycles. The van der Waals surface area contributed by atoms with Crippen LogP contribution in [0.4, 0.5) is 17.2 Å². The predicted molar refractivity (Wildman–Crippen MR) is 178 cm³/mol. The second kappa shape index (κ2) is 12.9. The van der Waals surface area contributed by atoms with Crippen LogP contribution in [0.5, 0.6) is 0 Å². The molecule has 0 amide bonds. The Hall–Kier alpha value is -4.34. The molecule has 0 aliphatic carbocycles. The lowest BCUT2D eigenvalue weighted by Gasteiger charge is -2.34. The van der Waals surface area contributed by atoms with Crippen molar-refractivity contribution in [3.63, 3.8) is 0 Å². The van der Waals surface area contributed by atoms with Gasteiger partial charge in [-0.1, -0.05) is 12.6 Å². The average Bonchev–Trinajstić information content (AvgIpc) is 3.62. The van der Waals surface area contributed by atoms with Gasteiger partial charge in [0.1, 0.15) is 11.5 Å². The molecule has 4 aromatic heterocycles. The number of benzene rings is 1. The number of H-pyrrole nitrogens is 1. The zero-order valence-corrected chi connectivity index (χ0v) is 25.6. The Labute approximate surface area is 254 Å². The summed E-state index contributed by atoms with van der Waals surface area (Å²) in [6, 6.07) is 17.7. The van der Waals surface area contributed by atoms with Gasteiger partial charge in [0.25, 0.3) is 0 Å². The summed E-state index contributed by atoms with van der Waals surface area (Å²) in [5.41, 5.74) is 7.75. The van der Waals surface area contributed by atoms with E-state index in [1.165, 1.54) is 37.2 Å². The zero-order chi connectivity index (χ0) is 29.8. The van der Waals surface area contributed by atoms with Crippen LogP contribution in [0.2, 0.25) is 0 Å². The van der Waals surface area contributed by atoms with Crippen LogP contribution in [0.3, 0.4) is 0 Å². The van der Waals surface area contributed by atoms with Gasteiger partial charge in [-0.15, -0.1) is 0 Å². The number of likely N-dealkylation sites (tertiary alicyclic amines) is 1. The number of hydrogen-bond acceptors (Lipinski definition) is 7. The molecule has 1 aromatic carbocycles. The number of anilines is 3. The molecule has 6 heterocycles. The van der Waals surface area contributed by atoms with E-state index < -0.39 is 0 Å². The van der Waals surface area contributed by atoms with E-state index in [1.54, 1.807) is 6.20 Å². The highest BCUT2D eigenvalue weighted by Crippen LogP contribution is 2.31. The van der Waals surface area contributed by atoms with Crippen molar-refractivity contribution in [3.8, 4) is 11.1 Å². The maximum Gasteiger partial charge on any atom is 0.140 e. The third kappa shape index (κ3) is 6.68. The van der Waals surface area contributed by atoms with E-state index in [1.807, 2.05) is 29.2 Å². The van der Waals surface area contributed by atoms with Gasteiger partial charge >= 0.3 is 0 Å². The fraction of sp³-hybridized carbons (Fsp3) is 0.353. The molecule has 0 radical (unpaired) electrons. The summed E-state index contributed by atoms with van der Waals surface area (Å²) in [5.74, 6) is 0.827. The Morgan fingerprint density at radius 2 is 1.74 bits per heavy atom. The van der Waals surface area contributed by atoms with Crippen LogP contribution in [0.15, 0.2) is 79.9 Å². The molecule has 3 N–H and O–H groups in total. The smallest absolute Gasteiger partial charge is 0.140 e. The maximum absolute atomic E-state index is 4.83. The summed E-state index contributed by atoms with van der Waals surface area (Å²) in [4.78, 5) is 15.4. The molecule has 2 aliphatic rings. The lowest BCUT2D eigenvalue weighted by Crippen LogP contribution is -2.44. The number of aryl methyl sites for hydroxylation is 1. The molecule has 0 bridgehead atoms. The zero-order valence-electron chi connectivity index (χ0n) is 25.6. The van der Waals surface area contributed by atoms with Crippen molar-refractivity contribution in [3.05, 3.63) is 85.5 Å². The minimum Gasteiger partial charge on any atom is -0.389 e. The normalized spacial score (nSPS) is 16.7. The van der Waals surface area contributed by atoms with Crippen LogP contribution in [0.1, 0.15) is 18.4 Å². The summed E-state index contributed by atoms with van der Waals surface area (Å²) < 4.78 is 1.91. The topological polar surface area (TPSA) is 79.8 Å². The monoisotopic (exact) mass is 577 g/mol. The standard InChI is InChI=1S/C26H27N7.C8H16N2/c1-18-16-28-33-9-8-19(14-24(18)33)23-17-27-26-22(23)6-7-25(30-26)29-20-4-3-5-21(15-20)32-12-10-31(2)11-13-32;1-3-9-8-4-6-10(2)7-5-8/h3-9,14-17H,10-13H2,1-2H3,(H2,27,29,30);3,8-9H,1,4-7H2,2H3. The molecule has 0 unspecified atom stereocenters. The Bertz CT molecular complexity index is 1670. The first-order chi connectivity index (χ1) is 21.0. The van der Waals surface area contributed by atoms with Gasteiger partial charge in [-0.3, -0.25) is 0 Å². The van der Waals surface area contributed by atoms with E-state index in [9.17, 15) is 0 Å². The number of aromatic amines is 1. The number of fused-ring (bicyclic) bond motifs is 2. The van der Waals surface area contributed by atoms with E-state index >= 15 is 0 Å². The second-order valence-corrected chi connectivity index (χ2v) is 11.8. The van der Waals surface area contributed by atoms with E-state index in [-0.39, 0.29) is 0 Å². The third-order valence-electron chi connectivity index (χ3n) is 8.62. The molecule has 7 rings (SSSR count). The van der Waals surface area contributed by atoms with Crippen molar-refractivity contribution >= 4 is 33.7 Å². The first-order valence-corrected chi connectivity index (χ1v) is 15.3. The Morgan fingerprint density at radius 1 is 0.953 bits per heavy atom. The highest BCUT2D eigenvalue weighted by Gasteiger charge is 2.16. The molecule has 0 atom stereocenters. The maximum atomic E-state index is 4.83. The number of aromatic nitrogens is 4. The molecule has 0 spiro atoms. The average molecular weight is 578 g/mol. The Balaban J connectivity index is 0.000000281. The number of piperazine rings is 1. The second-order valence-electron chi connectivity index (χ2n) is 11.8. The van der Waals surface area contributed by atoms with Crippen LogP contribution in [-0.4, -0.2) is 88.8 Å². The molecule has 224 valence electrons. The van der Waals surface area contributed by atoms with Gasteiger partial charge in [-0.05, 0) is 107 Å². The first-order valence-electron chi connectivity index (χ1n) is 15.3. The number of pyridine rings is 2. The van der Waals surface area contributed by atoms with Gasteiger partial charge < -0.3 is 30.3 Å². The first kappa shape index (κ1) is 28.8. The number of piperidine rings is 1. The minimum absolute atomic E-state index is 0.675. The lowest BCUT2D eigenvalue weighted by molar-refractivity contribution is 0.244. The van der Waals surface area contributed by atoms with Crippen LogP contribution >= 0.6 is 0 Å². The SMILES string of the molecule is C=CNC1CCN(C)CC1.Cc1cnn2ccc(-c3c[nH]c4nc(Nc5cccc(N6CCN(C)CC6)c5)ccc34)cc12. The quantitative estimate of drug-likeness (QED) is 0.246. The summed E-state index contributed by atoms with van der Waals surface area (Å²) in [5, 5.41) is 12.2. The van der Waals surface area contributed by atoms with Gasteiger partial charge in [0.15, 0.2) is 0 Å². The van der Waals surface area contributed by atoms with Gasteiger partial charge in [0.05, 0.1) is 11.7 Å². The van der Waals surface area contributed by atoms with E-state index in [4.69, 9.17) is 4.98 Å². The van der Waals surface area contributed by atoms with Crippen LogP contribution in [0.25, 0.3) is 27.7 Å². The molecule has 43 heavy (non-hydrogen) atoms. The number of nitrogens with one attached hydrogen (secondary N) is 3. The number of rotatable bonds is 6. The van der Waals surface area contributed by atoms with Gasteiger partial charge in [-0.2, -0.15) is 5.10 Å². The third-order valence-corrected chi connectivity index (χ3v) is 8.62. The molecule has 9 heteroatoms. The van der Waals surface area contributed by atoms with Crippen molar-refractivity contribution in [2.24, 2.45) is 0 Å². The van der Waals surface area contributed by atoms with Crippen molar-refractivity contribution in [1.29, 1.82) is 0 Å². The van der Waals surface area contributed by atoms with Crippen molar-refractivity contribution in [2.45, 2.75) is 25.8 Å². The fourth-order valence-corrected chi connectivity index (χ4v) is 5.92. The summed E-state index contributed by atoms with van der Waals surface area (Å²) in [6.07, 6.45) is 10.2. The minimum atomic E-state index is 0.675. The summed E-state index contributed by atoms with van der Waals surface area (Å²) in [6.45, 7) is 12.5. The lowest BCUT2D eigenvalue weighted by atomic mass is 10.1. The molecule has 2 aliphatic heterocycles. The van der Waals surface area contributed by atoms with Crippen molar-refractivity contribution in [1.82, 2.24) is 34.7 Å². The molecular weight excluding hydrogens is 534 g/mol. The van der Waals surface area contributed by atoms with Crippen molar-refractivity contribution < 1.29 is 0 Å². The van der Waals surface area contributed by atoms with Gasteiger partial charge in [0, 0.05) is 66.9 Å². The summed E-state index contributed by atoms with van der Waals surface area (Å²) in [7, 11) is 4.35. The predicted octanol–water partition coefficient (Wildman–Crippen LogP) is 5.50. The molecular formula is C34H43N9. The van der Waals surface area contributed by atoms with Crippen LogP contribution in [0, 0.1) is 6.92 Å². The Kier molecular flexibility index (Phi) is 8.62. The van der Waals surface area contributed by atoms with E-state index in [0.717, 1.165) is 65.4 Å². The molecule has 5 aromatic rings. The van der Waals surface area contributed by atoms with Crippen LogP contribution in [-0.2, 0) is 0 Å². The summed E-state index contributed by atoms with van der Waals surface area (Å²) >= 11 is 0. The number of hydrogen-bond donors (Lipinski definition) is 3. The fourth-order valence-electron chi connectivity index (χ4n) is 5.92. The van der Waals surface area contributed by atoms with E-state index in [0.29, 0.717) is 6.04 Å². The highest BCUT2D eigenvalue weighted by atomic mass is 15.2. The Morgan fingerprint density at radius 3 is 2.53 bits per heavy atom. The van der Waals surface area contributed by atoms with Crippen molar-refractivity contribution in [2.75, 3.05) is 63.6 Å². The molecule has 9 nitrogen and oxygen atoms in total. The molecule has 2 saturated heterocycles. The number of likely N-dealkylation sites (N-methyl/N-ethyl adjacent to an activating group) is 1. The van der Waals surface area contributed by atoms with Crippen LogP contribution < -0.4 is 15.5 Å². The van der Waals surface area contributed by atoms with Gasteiger partial charge in [0.2, 0.25) is 0 Å². The largest absolute Gasteiger partial charge is 0.389 e. The van der Waals surface area contributed by atoms with E-state index in [2.05, 4.69) is 105 Å². The van der Waals surface area contributed by atoms with Gasteiger partial charge in [-0.25, -0.2) is 9.50 Å². The molecule has 2 fully saturated rings.